The van der Waals surface area contributed by atoms with Gasteiger partial charge in [0.2, 0.25) is 5.91 Å². The van der Waals surface area contributed by atoms with Crippen molar-refractivity contribution in [3.05, 3.63) is 29.8 Å². The van der Waals surface area contributed by atoms with Crippen molar-refractivity contribution in [3.63, 3.8) is 0 Å². The van der Waals surface area contributed by atoms with Gasteiger partial charge in [-0.15, -0.1) is 0 Å². The van der Waals surface area contributed by atoms with Crippen LogP contribution in [0.3, 0.4) is 0 Å². The predicted octanol–water partition coefficient (Wildman–Crippen LogP) is 2.14. The summed E-state index contributed by atoms with van der Waals surface area (Å²) < 4.78 is 0. The quantitative estimate of drug-likeness (QED) is 0.771. The van der Waals surface area contributed by atoms with Gasteiger partial charge in [0.25, 0.3) is 0 Å². The van der Waals surface area contributed by atoms with Crippen LogP contribution in [0, 0.1) is 5.92 Å². The average Bonchev–Trinajstić information content (AvgIpc) is 2.40. The molecule has 0 unspecified atom stereocenters. The Morgan fingerprint density at radius 3 is 2.20 bits per heavy atom. The summed E-state index contributed by atoms with van der Waals surface area (Å²) in [5.41, 5.74) is 1.62. The molecular formula is C15H23N3O2. The lowest BCUT2D eigenvalue weighted by Gasteiger charge is -2.17. The lowest BCUT2D eigenvalue weighted by atomic mass is 10.1. The zero-order chi connectivity index (χ0) is 15.1. The molecule has 20 heavy (non-hydrogen) atoms. The Labute approximate surface area is 120 Å². The molecule has 0 fully saturated rings. The summed E-state index contributed by atoms with van der Waals surface area (Å²) in [5.74, 6) is 0.352. The Morgan fingerprint density at radius 1 is 1.10 bits per heavy atom. The largest absolute Gasteiger partial charge is 0.359 e. The van der Waals surface area contributed by atoms with Gasteiger partial charge in [-0.1, -0.05) is 26.0 Å². The summed E-state index contributed by atoms with van der Waals surface area (Å²) in [4.78, 5) is 23.0. The molecule has 0 aliphatic rings. The number of carbonyl (C=O) groups excluding carboxylic acids is 2. The first-order valence-electron chi connectivity index (χ1n) is 6.79. The van der Waals surface area contributed by atoms with Crippen LogP contribution in [-0.4, -0.2) is 25.0 Å². The Kier molecular flexibility index (Phi) is 6.03. The lowest BCUT2D eigenvalue weighted by Crippen LogP contribution is -2.38. The molecular weight excluding hydrogens is 254 g/mol. The molecule has 3 amide bonds. The van der Waals surface area contributed by atoms with Gasteiger partial charge in [-0.3, -0.25) is 4.79 Å². The monoisotopic (exact) mass is 277 g/mol. The van der Waals surface area contributed by atoms with Crippen LogP contribution in [0.15, 0.2) is 24.3 Å². The zero-order valence-corrected chi connectivity index (χ0v) is 12.5. The summed E-state index contributed by atoms with van der Waals surface area (Å²) in [6, 6.07) is 7.14. The first kappa shape index (κ1) is 16.0. The molecule has 0 bridgehead atoms. The Balaban J connectivity index is 2.53. The maximum Gasteiger partial charge on any atom is 0.319 e. The highest BCUT2D eigenvalue weighted by Crippen LogP contribution is 2.10. The van der Waals surface area contributed by atoms with E-state index in [2.05, 4.69) is 29.8 Å². The molecule has 1 rings (SSSR count). The van der Waals surface area contributed by atoms with Crippen LogP contribution < -0.4 is 16.0 Å². The minimum atomic E-state index is -0.217. The first-order chi connectivity index (χ1) is 9.42. The van der Waals surface area contributed by atoms with E-state index >= 15 is 0 Å². The maximum absolute atomic E-state index is 11.8. The summed E-state index contributed by atoms with van der Waals surface area (Å²) in [7, 11) is 1.61. The molecule has 0 aliphatic heterocycles. The van der Waals surface area contributed by atoms with Crippen molar-refractivity contribution in [2.24, 2.45) is 5.92 Å². The van der Waals surface area contributed by atoms with Gasteiger partial charge in [0.05, 0.1) is 6.42 Å². The van der Waals surface area contributed by atoms with Gasteiger partial charge in [0.15, 0.2) is 0 Å². The van der Waals surface area contributed by atoms with Gasteiger partial charge in [0, 0.05) is 18.8 Å². The van der Waals surface area contributed by atoms with E-state index in [1.807, 2.05) is 19.1 Å². The molecule has 0 aromatic heterocycles. The van der Waals surface area contributed by atoms with Crippen molar-refractivity contribution in [3.8, 4) is 0 Å². The standard InChI is InChI=1S/C15H23N3O2/c1-10(2)11(3)17-15(20)18-13-7-5-12(6-8-13)9-14(19)16-4/h5-8,10-11H,9H2,1-4H3,(H,16,19)(H2,17,18,20)/t11-/m0/s1. The lowest BCUT2D eigenvalue weighted by molar-refractivity contribution is -0.119. The van der Waals surface area contributed by atoms with Gasteiger partial charge in [-0.05, 0) is 30.5 Å². The van der Waals surface area contributed by atoms with E-state index in [-0.39, 0.29) is 18.0 Å². The van der Waals surface area contributed by atoms with E-state index in [1.54, 1.807) is 19.2 Å². The van der Waals surface area contributed by atoms with Crippen molar-refractivity contribution >= 4 is 17.6 Å². The Morgan fingerprint density at radius 2 is 1.70 bits per heavy atom. The van der Waals surface area contributed by atoms with Crippen molar-refractivity contribution in [2.45, 2.75) is 33.2 Å². The molecule has 5 heteroatoms. The zero-order valence-electron chi connectivity index (χ0n) is 12.5. The number of nitrogens with one attached hydrogen (secondary N) is 3. The Hall–Kier alpha value is -2.04. The highest BCUT2D eigenvalue weighted by molar-refractivity contribution is 5.89. The third-order valence-electron chi connectivity index (χ3n) is 3.21. The van der Waals surface area contributed by atoms with Crippen LogP contribution in [-0.2, 0) is 11.2 Å². The fraction of sp³-hybridized carbons (Fsp3) is 0.467. The number of hydrogen-bond acceptors (Lipinski definition) is 2. The summed E-state index contributed by atoms with van der Waals surface area (Å²) >= 11 is 0. The number of anilines is 1. The number of rotatable bonds is 5. The summed E-state index contributed by atoms with van der Waals surface area (Å²) in [6.07, 6.45) is 0.341. The van der Waals surface area contributed by atoms with Gasteiger partial charge in [-0.25, -0.2) is 4.79 Å². The number of hydrogen-bond donors (Lipinski definition) is 3. The normalized spacial score (nSPS) is 11.8. The molecule has 1 aromatic carbocycles. The van der Waals surface area contributed by atoms with E-state index in [4.69, 9.17) is 0 Å². The van der Waals surface area contributed by atoms with E-state index < -0.39 is 0 Å². The topological polar surface area (TPSA) is 70.2 Å². The number of likely N-dealkylation sites (N-methyl/N-ethyl adjacent to an activating group) is 1. The molecule has 0 saturated heterocycles. The van der Waals surface area contributed by atoms with Crippen LogP contribution in [0.2, 0.25) is 0 Å². The fourth-order valence-electron chi connectivity index (χ4n) is 1.52. The molecule has 0 aliphatic carbocycles. The van der Waals surface area contributed by atoms with Crippen LogP contribution in [0.5, 0.6) is 0 Å². The van der Waals surface area contributed by atoms with Crippen LogP contribution in [0.25, 0.3) is 0 Å². The van der Waals surface area contributed by atoms with E-state index in [0.717, 1.165) is 5.56 Å². The predicted molar refractivity (Wildman–Crippen MR) is 80.7 cm³/mol. The number of carbonyl (C=O) groups is 2. The second-order valence-electron chi connectivity index (χ2n) is 5.18. The van der Waals surface area contributed by atoms with Gasteiger partial charge in [-0.2, -0.15) is 0 Å². The molecule has 0 spiro atoms. The molecule has 0 heterocycles. The SMILES string of the molecule is CNC(=O)Cc1ccc(NC(=O)N[C@@H](C)C(C)C)cc1. The average molecular weight is 277 g/mol. The number of amides is 3. The fourth-order valence-corrected chi connectivity index (χ4v) is 1.52. The second kappa shape index (κ2) is 7.53. The van der Waals surface area contributed by atoms with Gasteiger partial charge < -0.3 is 16.0 Å². The second-order valence-corrected chi connectivity index (χ2v) is 5.18. The van der Waals surface area contributed by atoms with E-state index in [1.165, 1.54) is 0 Å². The molecule has 5 nitrogen and oxygen atoms in total. The van der Waals surface area contributed by atoms with Gasteiger partial charge >= 0.3 is 6.03 Å². The summed E-state index contributed by atoms with van der Waals surface area (Å²) in [6.45, 7) is 6.08. The summed E-state index contributed by atoms with van der Waals surface area (Å²) in [5, 5.41) is 8.21. The highest BCUT2D eigenvalue weighted by Gasteiger charge is 2.10. The minimum absolute atomic E-state index is 0.0331. The first-order valence-corrected chi connectivity index (χ1v) is 6.79. The van der Waals surface area contributed by atoms with Crippen molar-refractivity contribution in [1.29, 1.82) is 0 Å². The third-order valence-corrected chi connectivity index (χ3v) is 3.21. The molecule has 0 saturated carbocycles. The molecule has 1 atom stereocenters. The maximum atomic E-state index is 11.8. The number of benzene rings is 1. The molecule has 110 valence electrons. The van der Waals surface area contributed by atoms with E-state index in [9.17, 15) is 9.59 Å². The van der Waals surface area contributed by atoms with Gasteiger partial charge in [0.1, 0.15) is 0 Å². The molecule has 0 radical (unpaired) electrons. The van der Waals surface area contributed by atoms with Crippen LogP contribution >= 0.6 is 0 Å². The molecule has 1 aromatic rings. The minimum Gasteiger partial charge on any atom is -0.359 e. The number of urea groups is 1. The smallest absolute Gasteiger partial charge is 0.319 e. The molecule has 3 N–H and O–H groups in total. The van der Waals surface area contributed by atoms with Crippen LogP contribution in [0.4, 0.5) is 10.5 Å². The van der Waals surface area contributed by atoms with E-state index in [0.29, 0.717) is 18.0 Å². The Bertz CT molecular complexity index is 455. The van der Waals surface area contributed by atoms with Crippen molar-refractivity contribution in [1.82, 2.24) is 10.6 Å². The van der Waals surface area contributed by atoms with Crippen molar-refractivity contribution < 1.29 is 9.59 Å². The van der Waals surface area contributed by atoms with Crippen molar-refractivity contribution in [2.75, 3.05) is 12.4 Å². The van der Waals surface area contributed by atoms with Crippen LogP contribution in [0.1, 0.15) is 26.3 Å². The highest BCUT2D eigenvalue weighted by atomic mass is 16.2. The third kappa shape index (κ3) is 5.30.